The summed E-state index contributed by atoms with van der Waals surface area (Å²) >= 11 is 0. The number of methoxy groups -OCH3 is 1. The fourth-order valence-corrected chi connectivity index (χ4v) is 3.34. The van der Waals surface area contributed by atoms with Crippen molar-refractivity contribution in [3.8, 4) is 0 Å². The molecular weight excluding hydrogens is 380 g/mol. The van der Waals surface area contributed by atoms with E-state index in [9.17, 15) is 9.59 Å². The van der Waals surface area contributed by atoms with E-state index in [2.05, 4.69) is 10.3 Å². The van der Waals surface area contributed by atoms with Crippen molar-refractivity contribution in [2.75, 3.05) is 7.11 Å². The lowest BCUT2D eigenvalue weighted by molar-refractivity contribution is -0.146. The van der Waals surface area contributed by atoms with Crippen molar-refractivity contribution in [1.82, 2.24) is 10.3 Å². The molecule has 0 bridgehead atoms. The maximum atomic E-state index is 12.8. The number of hydrogen-bond donors (Lipinski definition) is 3. The zero-order valence-electron chi connectivity index (χ0n) is 16.9. The standard InChI is InChI=1S/C23H24N4O3/c1-14(27-22(28)18-8-9-20-16(13-18)7-4-10-26-20)19(23(29)30-2)12-15-5-3-6-17(11-15)21(24)25/h3-11,13-14,19H,12H2,1-2H3,(H3,24,25)(H,27,28). The van der Waals surface area contributed by atoms with Crippen LogP contribution in [-0.4, -0.2) is 35.8 Å². The normalized spacial score (nSPS) is 12.7. The molecule has 154 valence electrons. The van der Waals surface area contributed by atoms with Gasteiger partial charge in [0, 0.05) is 28.8 Å². The molecule has 1 amide bonds. The van der Waals surface area contributed by atoms with Gasteiger partial charge < -0.3 is 15.8 Å². The molecule has 0 fully saturated rings. The minimum absolute atomic E-state index is 0.0430. The van der Waals surface area contributed by atoms with Crippen LogP contribution in [0.3, 0.4) is 0 Å². The van der Waals surface area contributed by atoms with Crippen LogP contribution in [0.5, 0.6) is 0 Å². The Morgan fingerprint density at radius 1 is 1.13 bits per heavy atom. The lowest BCUT2D eigenvalue weighted by atomic mass is 9.92. The molecule has 2 unspecified atom stereocenters. The topological polar surface area (TPSA) is 118 Å². The van der Waals surface area contributed by atoms with Crippen LogP contribution in [0.4, 0.5) is 0 Å². The van der Waals surface area contributed by atoms with Crippen LogP contribution < -0.4 is 11.1 Å². The second-order valence-corrected chi connectivity index (χ2v) is 7.12. The molecule has 3 rings (SSSR count). The molecule has 0 radical (unpaired) electrons. The van der Waals surface area contributed by atoms with Gasteiger partial charge >= 0.3 is 5.97 Å². The van der Waals surface area contributed by atoms with Gasteiger partial charge in [0.25, 0.3) is 5.91 Å². The number of benzene rings is 2. The number of amidine groups is 1. The highest BCUT2D eigenvalue weighted by Gasteiger charge is 2.28. The number of esters is 1. The molecule has 0 saturated carbocycles. The highest BCUT2D eigenvalue weighted by molar-refractivity contribution is 5.98. The lowest BCUT2D eigenvalue weighted by Crippen LogP contribution is -2.42. The van der Waals surface area contributed by atoms with E-state index in [1.54, 1.807) is 49.5 Å². The van der Waals surface area contributed by atoms with Crippen molar-refractivity contribution in [3.05, 3.63) is 77.5 Å². The molecule has 0 saturated heterocycles. The number of carbonyl (C=O) groups is 2. The third kappa shape index (κ3) is 4.81. The number of nitrogen functional groups attached to an aromatic ring is 1. The van der Waals surface area contributed by atoms with Gasteiger partial charge in [-0.2, -0.15) is 0 Å². The summed E-state index contributed by atoms with van der Waals surface area (Å²) in [4.78, 5) is 29.5. The SMILES string of the molecule is COC(=O)C(Cc1cccc(C(=N)N)c1)C(C)NC(=O)c1ccc2ncccc2c1. The summed E-state index contributed by atoms with van der Waals surface area (Å²) in [7, 11) is 1.33. The number of ether oxygens (including phenoxy) is 1. The van der Waals surface area contributed by atoms with E-state index in [-0.39, 0.29) is 11.7 Å². The Hall–Kier alpha value is -3.74. The average molecular weight is 404 g/mol. The highest BCUT2D eigenvalue weighted by Crippen LogP contribution is 2.18. The first-order valence-corrected chi connectivity index (χ1v) is 9.56. The van der Waals surface area contributed by atoms with Gasteiger partial charge in [0.1, 0.15) is 5.84 Å². The maximum Gasteiger partial charge on any atom is 0.311 e. The van der Waals surface area contributed by atoms with Gasteiger partial charge in [0.15, 0.2) is 0 Å². The largest absolute Gasteiger partial charge is 0.469 e. The van der Waals surface area contributed by atoms with Gasteiger partial charge in [-0.15, -0.1) is 0 Å². The van der Waals surface area contributed by atoms with E-state index >= 15 is 0 Å². The predicted molar refractivity (Wildman–Crippen MR) is 115 cm³/mol. The number of nitrogens with zero attached hydrogens (tertiary/aromatic N) is 1. The molecule has 1 heterocycles. The van der Waals surface area contributed by atoms with Gasteiger partial charge in [-0.1, -0.05) is 24.3 Å². The average Bonchev–Trinajstić information content (AvgIpc) is 2.76. The monoisotopic (exact) mass is 404 g/mol. The third-order valence-corrected chi connectivity index (χ3v) is 5.03. The zero-order valence-corrected chi connectivity index (χ0v) is 16.9. The molecule has 7 nitrogen and oxygen atoms in total. The summed E-state index contributed by atoms with van der Waals surface area (Å²) in [6.45, 7) is 1.77. The van der Waals surface area contributed by atoms with Crippen LogP contribution >= 0.6 is 0 Å². The smallest absolute Gasteiger partial charge is 0.311 e. The first-order chi connectivity index (χ1) is 14.4. The highest BCUT2D eigenvalue weighted by atomic mass is 16.5. The fourth-order valence-electron chi connectivity index (χ4n) is 3.34. The Balaban J connectivity index is 1.78. The van der Waals surface area contributed by atoms with E-state index in [1.165, 1.54) is 7.11 Å². The summed E-state index contributed by atoms with van der Waals surface area (Å²) < 4.78 is 4.96. The summed E-state index contributed by atoms with van der Waals surface area (Å²) in [6, 6.07) is 15.6. The van der Waals surface area contributed by atoms with E-state index in [1.807, 2.05) is 18.2 Å². The fraction of sp³-hybridized carbons (Fsp3) is 0.217. The van der Waals surface area contributed by atoms with E-state index in [4.69, 9.17) is 15.9 Å². The first-order valence-electron chi connectivity index (χ1n) is 9.56. The molecule has 3 aromatic rings. The molecular formula is C23H24N4O3. The Morgan fingerprint density at radius 3 is 2.67 bits per heavy atom. The van der Waals surface area contributed by atoms with E-state index in [0.717, 1.165) is 16.5 Å². The van der Waals surface area contributed by atoms with Crippen LogP contribution in [0.15, 0.2) is 60.8 Å². The number of amides is 1. The predicted octanol–water partition coefficient (Wildman–Crippen LogP) is 2.67. The molecule has 0 aliphatic carbocycles. The lowest BCUT2D eigenvalue weighted by Gasteiger charge is -2.23. The number of nitrogens with one attached hydrogen (secondary N) is 2. The number of fused-ring (bicyclic) bond motifs is 1. The zero-order chi connectivity index (χ0) is 21.7. The molecule has 2 aromatic carbocycles. The molecule has 4 N–H and O–H groups in total. The Morgan fingerprint density at radius 2 is 1.93 bits per heavy atom. The van der Waals surface area contributed by atoms with Crippen LogP contribution in [0.1, 0.15) is 28.4 Å². The van der Waals surface area contributed by atoms with Crippen molar-refractivity contribution in [2.24, 2.45) is 11.7 Å². The van der Waals surface area contributed by atoms with Gasteiger partial charge in [-0.3, -0.25) is 20.0 Å². The van der Waals surface area contributed by atoms with Gasteiger partial charge in [0.05, 0.1) is 18.5 Å². The molecule has 0 spiro atoms. The van der Waals surface area contributed by atoms with Crippen LogP contribution in [-0.2, 0) is 16.0 Å². The number of hydrogen-bond acceptors (Lipinski definition) is 5. The summed E-state index contributed by atoms with van der Waals surface area (Å²) in [6.07, 6.45) is 2.04. The minimum Gasteiger partial charge on any atom is -0.469 e. The first kappa shape index (κ1) is 21.0. The number of aromatic nitrogens is 1. The summed E-state index contributed by atoms with van der Waals surface area (Å²) in [5, 5.41) is 11.4. The Labute approximate surface area is 174 Å². The van der Waals surface area contributed by atoms with Crippen molar-refractivity contribution in [3.63, 3.8) is 0 Å². The van der Waals surface area contributed by atoms with Gasteiger partial charge in [0.2, 0.25) is 0 Å². The minimum atomic E-state index is -0.594. The number of carbonyl (C=O) groups excluding carboxylic acids is 2. The van der Waals surface area contributed by atoms with Crippen LogP contribution in [0, 0.1) is 11.3 Å². The van der Waals surface area contributed by atoms with E-state index in [0.29, 0.717) is 17.5 Å². The number of nitrogens with two attached hydrogens (primary N) is 1. The summed E-state index contributed by atoms with van der Waals surface area (Å²) in [5.74, 6) is -1.33. The van der Waals surface area contributed by atoms with Crippen molar-refractivity contribution < 1.29 is 14.3 Å². The molecule has 30 heavy (non-hydrogen) atoms. The van der Waals surface area contributed by atoms with Crippen molar-refractivity contribution >= 4 is 28.6 Å². The second-order valence-electron chi connectivity index (χ2n) is 7.12. The number of pyridine rings is 1. The molecule has 0 aliphatic rings. The van der Waals surface area contributed by atoms with Crippen molar-refractivity contribution in [2.45, 2.75) is 19.4 Å². The van der Waals surface area contributed by atoms with Crippen molar-refractivity contribution in [1.29, 1.82) is 5.41 Å². The number of rotatable bonds is 7. The van der Waals surface area contributed by atoms with Crippen LogP contribution in [0.25, 0.3) is 10.9 Å². The maximum absolute atomic E-state index is 12.8. The Kier molecular flexibility index (Phi) is 6.41. The van der Waals surface area contributed by atoms with E-state index < -0.39 is 17.9 Å². The van der Waals surface area contributed by atoms with Gasteiger partial charge in [-0.05, 0) is 49.2 Å². The molecule has 0 aliphatic heterocycles. The molecule has 2 atom stereocenters. The van der Waals surface area contributed by atoms with Gasteiger partial charge in [-0.25, -0.2) is 0 Å². The second kappa shape index (κ2) is 9.17. The Bertz CT molecular complexity index is 1100. The third-order valence-electron chi connectivity index (χ3n) is 5.03. The summed E-state index contributed by atoms with van der Waals surface area (Å²) in [5.41, 5.74) is 8.27. The molecule has 7 heteroatoms. The quantitative estimate of drug-likeness (QED) is 0.318. The van der Waals surface area contributed by atoms with Crippen LogP contribution in [0.2, 0.25) is 0 Å². The molecule has 1 aromatic heterocycles.